The van der Waals surface area contributed by atoms with Crippen LogP contribution in [0.5, 0.6) is 0 Å². The SMILES string of the molecule is Cc1ccc(NC(=O)C2=NN(c3ccc(F)cc3)[C@H](C(N)=O)C2)c(C)c1. The first-order chi connectivity index (χ1) is 12.3. The summed E-state index contributed by atoms with van der Waals surface area (Å²) in [6.45, 7) is 3.87. The number of aryl methyl sites for hydroxylation is 2. The molecule has 0 aliphatic carbocycles. The van der Waals surface area contributed by atoms with E-state index in [-0.39, 0.29) is 12.1 Å². The molecule has 2 amide bonds. The molecule has 26 heavy (non-hydrogen) atoms. The number of nitrogens with one attached hydrogen (secondary N) is 1. The van der Waals surface area contributed by atoms with Gasteiger partial charge in [-0.3, -0.25) is 14.6 Å². The second-order valence-corrected chi connectivity index (χ2v) is 6.26. The fraction of sp³-hybridized carbons (Fsp3) is 0.211. The predicted molar refractivity (Wildman–Crippen MR) is 98.5 cm³/mol. The van der Waals surface area contributed by atoms with Gasteiger partial charge in [0.15, 0.2) is 0 Å². The van der Waals surface area contributed by atoms with Crippen LogP contribution in [-0.4, -0.2) is 23.6 Å². The summed E-state index contributed by atoms with van der Waals surface area (Å²) in [7, 11) is 0. The molecule has 0 bridgehead atoms. The molecule has 0 unspecified atom stereocenters. The van der Waals surface area contributed by atoms with Gasteiger partial charge in [0.1, 0.15) is 17.6 Å². The Kier molecular flexibility index (Phi) is 4.71. The van der Waals surface area contributed by atoms with Gasteiger partial charge in [0, 0.05) is 12.1 Å². The van der Waals surface area contributed by atoms with E-state index in [0.29, 0.717) is 11.4 Å². The number of hydrogen-bond acceptors (Lipinski definition) is 4. The van der Waals surface area contributed by atoms with Gasteiger partial charge in [-0.15, -0.1) is 0 Å². The molecule has 3 rings (SSSR count). The Labute approximate surface area is 150 Å². The molecule has 0 radical (unpaired) electrons. The van der Waals surface area contributed by atoms with Gasteiger partial charge in [-0.2, -0.15) is 5.10 Å². The molecule has 1 aliphatic heterocycles. The minimum absolute atomic E-state index is 0.0868. The zero-order chi connectivity index (χ0) is 18.8. The van der Waals surface area contributed by atoms with Crippen molar-refractivity contribution >= 4 is 28.9 Å². The first kappa shape index (κ1) is 17.6. The van der Waals surface area contributed by atoms with Crippen LogP contribution in [0.25, 0.3) is 0 Å². The summed E-state index contributed by atoms with van der Waals surface area (Å²) in [4.78, 5) is 24.3. The maximum Gasteiger partial charge on any atom is 0.271 e. The summed E-state index contributed by atoms with van der Waals surface area (Å²) in [5.41, 5.74) is 8.84. The number of carbonyl (C=O) groups excluding carboxylic acids is 2. The molecule has 134 valence electrons. The number of nitrogens with zero attached hydrogens (tertiary/aromatic N) is 2. The average molecular weight is 354 g/mol. The normalized spacial score (nSPS) is 16.3. The molecule has 0 aromatic heterocycles. The van der Waals surface area contributed by atoms with Crippen LogP contribution in [0.3, 0.4) is 0 Å². The Hall–Kier alpha value is -3.22. The number of amides is 2. The van der Waals surface area contributed by atoms with Gasteiger partial charge >= 0.3 is 0 Å². The van der Waals surface area contributed by atoms with Crippen molar-refractivity contribution < 1.29 is 14.0 Å². The molecule has 1 aliphatic rings. The standard InChI is InChI=1S/C19H19FN4O2/c1-11-3-8-15(12(2)9-11)22-19(26)16-10-17(18(21)25)24(23-16)14-6-4-13(20)5-7-14/h3-9,17H,10H2,1-2H3,(H2,21,25)(H,22,26)/t17-/m0/s1. The lowest BCUT2D eigenvalue weighted by molar-refractivity contribution is -0.119. The highest BCUT2D eigenvalue weighted by Gasteiger charge is 2.35. The van der Waals surface area contributed by atoms with Crippen molar-refractivity contribution in [2.24, 2.45) is 10.8 Å². The number of carbonyl (C=O) groups is 2. The smallest absolute Gasteiger partial charge is 0.271 e. The van der Waals surface area contributed by atoms with Crippen LogP contribution in [0.4, 0.5) is 15.8 Å². The van der Waals surface area contributed by atoms with Crippen molar-refractivity contribution in [2.75, 3.05) is 10.3 Å². The lowest BCUT2D eigenvalue weighted by Crippen LogP contribution is -2.39. The Bertz CT molecular complexity index is 893. The van der Waals surface area contributed by atoms with Crippen LogP contribution in [0.15, 0.2) is 47.6 Å². The molecule has 0 fully saturated rings. The summed E-state index contributed by atoms with van der Waals surface area (Å²) in [6, 6.07) is 10.4. The quantitative estimate of drug-likeness (QED) is 0.884. The number of rotatable bonds is 4. The van der Waals surface area contributed by atoms with E-state index in [1.54, 1.807) is 0 Å². The summed E-state index contributed by atoms with van der Waals surface area (Å²) >= 11 is 0. The van der Waals surface area contributed by atoms with E-state index >= 15 is 0 Å². The van der Waals surface area contributed by atoms with E-state index < -0.39 is 23.7 Å². The van der Waals surface area contributed by atoms with Crippen LogP contribution in [-0.2, 0) is 9.59 Å². The number of primary amides is 1. The number of halogens is 1. The third-order valence-corrected chi connectivity index (χ3v) is 4.22. The molecular formula is C19H19FN4O2. The zero-order valence-electron chi connectivity index (χ0n) is 14.5. The molecule has 0 saturated carbocycles. The number of hydrazone groups is 1. The molecule has 3 N–H and O–H groups in total. The second kappa shape index (κ2) is 6.95. The first-order valence-corrected chi connectivity index (χ1v) is 8.15. The van der Waals surface area contributed by atoms with Crippen LogP contribution in [0, 0.1) is 19.7 Å². The number of nitrogens with two attached hydrogens (primary N) is 1. The van der Waals surface area contributed by atoms with Gasteiger partial charge in [-0.1, -0.05) is 17.7 Å². The Morgan fingerprint density at radius 3 is 2.50 bits per heavy atom. The lowest BCUT2D eigenvalue weighted by Gasteiger charge is -2.20. The van der Waals surface area contributed by atoms with Crippen molar-refractivity contribution in [3.63, 3.8) is 0 Å². The molecule has 1 heterocycles. The van der Waals surface area contributed by atoms with Crippen LogP contribution < -0.4 is 16.1 Å². The van der Waals surface area contributed by atoms with E-state index in [2.05, 4.69) is 10.4 Å². The van der Waals surface area contributed by atoms with Gasteiger partial charge in [-0.25, -0.2) is 4.39 Å². The molecule has 0 saturated heterocycles. The summed E-state index contributed by atoms with van der Waals surface area (Å²) in [5.74, 6) is -1.40. The van der Waals surface area contributed by atoms with E-state index in [1.165, 1.54) is 29.3 Å². The minimum Gasteiger partial charge on any atom is -0.368 e. The zero-order valence-corrected chi connectivity index (χ0v) is 14.5. The minimum atomic E-state index is -0.791. The maximum atomic E-state index is 13.1. The Morgan fingerprint density at radius 1 is 1.19 bits per heavy atom. The van der Waals surface area contributed by atoms with Gasteiger partial charge < -0.3 is 11.1 Å². The fourth-order valence-electron chi connectivity index (χ4n) is 2.85. The largest absolute Gasteiger partial charge is 0.368 e. The van der Waals surface area contributed by atoms with E-state index in [9.17, 15) is 14.0 Å². The monoisotopic (exact) mass is 354 g/mol. The Morgan fingerprint density at radius 2 is 1.88 bits per heavy atom. The van der Waals surface area contributed by atoms with E-state index in [1.807, 2.05) is 32.0 Å². The van der Waals surface area contributed by atoms with Crippen molar-refractivity contribution in [1.29, 1.82) is 0 Å². The molecule has 1 atom stereocenters. The number of anilines is 2. The van der Waals surface area contributed by atoms with Gasteiger partial charge in [0.05, 0.1) is 5.69 Å². The highest BCUT2D eigenvalue weighted by Crippen LogP contribution is 2.25. The molecule has 7 heteroatoms. The van der Waals surface area contributed by atoms with Crippen LogP contribution in [0.1, 0.15) is 17.5 Å². The number of benzene rings is 2. The van der Waals surface area contributed by atoms with Crippen molar-refractivity contribution in [2.45, 2.75) is 26.3 Å². The summed E-state index contributed by atoms with van der Waals surface area (Å²) in [6.07, 6.45) is 0.0868. The highest BCUT2D eigenvalue weighted by atomic mass is 19.1. The topological polar surface area (TPSA) is 87.8 Å². The average Bonchev–Trinajstić information content (AvgIpc) is 3.04. The summed E-state index contributed by atoms with van der Waals surface area (Å²) in [5, 5.41) is 8.42. The molecular weight excluding hydrogens is 335 g/mol. The van der Waals surface area contributed by atoms with E-state index in [4.69, 9.17) is 5.73 Å². The van der Waals surface area contributed by atoms with Crippen molar-refractivity contribution in [3.8, 4) is 0 Å². The Balaban J connectivity index is 1.84. The van der Waals surface area contributed by atoms with Gasteiger partial charge in [0.25, 0.3) is 5.91 Å². The van der Waals surface area contributed by atoms with Crippen molar-refractivity contribution in [3.05, 3.63) is 59.4 Å². The fourth-order valence-corrected chi connectivity index (χ4v) is 2.85. The highest BCUT2D eigenvalue weighted by molar-refractivity contribution is 6.44. The molecule has 2 aromatic rings. The molecule has 0 spiro atoms. The summed E-state index contributed by atoms with van der Waals surface area (Å²) < 4.78 is 13.1. The van der Waals surface area contributed by atoms with Gasteiger partial charge in [0.2, 0.25) is 5.91 Å². The predicted octanol–water partition coefficient (Wildman–Crippen LogP) is 2.50. The number of hydrogen-bond donors (Lipinski definition) is 2. The second-order valence-electron chi connectivity index (χ2n) is 6.26. The lowest BCUT2D eigenvalue weighted by atomic mass is 10.1. The molecule has 2 aromatic carbocycles. The first-order valence-electron chi connectivity index (χ1n) is 8.15. The van der Waals surface area contributed by atoms with Gasteiger partial charge in [-0.05, 0) is 49.7 Å². The van der Waals surface area contributed by atoms with E-state index in [0.717, 1.165) is 11.1 Å². The maximum absolute atomic E-state index is 13.1. The molecule has 6 nitrogen and oxygen atoms in total. The van der Waals surface area contributed by atoms with Crippen molar-refractivity contribution in [1.82, 2.24) is 0 Å². The van der Waals surface area contributed by atoms with Crippen LogP contribution in [0.2, 0.25) is 0 Å². The third-order valence-electron chi connectivity index (χ3n) is 4.22. The third kappa shape index (κ3) is 3.56. The van der Waals surface area contributed by atoms with Crippen LogP contribution >= 0.6 is 0 Å².